The van der Waals surface area contributed by atoms with Crippen molar-refractivity contribution >= 4 is 15.9 Å². The molecule has 1 aromatic heterocycles. The van der Waals surface area contributed by atoms with Crippen LogP contribution in [0.5, 0.6) is 11.5 Å². The van der Waals surface area contributed by atoms with Gasteiger partial charge in [-0.2, -0.15) is 4.98 Å². The third-order valence-electron chi connectivity index (χ3n) is 5.32. The summed E-state index contributed by atoms with van der Waals surface area (Å²) in [5.41, 5.74) is 0. The Morgan fingerprint density at radius 2 is 1.94 bits per heavy atom. The quantitative estimate of drug-likeness (QED) is 0.578. The summed E-state index contributed by atoms with van der Waals surface area (Å²) >= 11 is 0. The van der Waals surface area contributed by atoms with Gasteiger partial charge >= 0.3 is 0 Å². The highest BCUT2D eigenvalue weighted by Crippen LogP contribution is 2.38. The molecule has 2 aromatic rings. The molecular weight excluding hydrogens is 436 g/mol. The van der Waals surface area contributed by atoms with E-state index in [0.717, 1.165) is 19.3 Å². The topological polar surface area (TPSA) is 133 Å². The zero-order chi connectivity index (χ0) is 22.7. The second-order valence-electron chi connectivity index (χ2n) is 8.36. The lowest BCUT2D eigenvalue weighted by atomic mass is 10.0. The van der Waals surface area contributed by atoms with Crippen molar-refractivity contribution in [2.24, 2.45) is 5.92 Å². The first-order chi connectivity index (χ1) is 15.3. The third kappa shape index (κ3) is 5.39. The van der Waals surface area contributed by atoms with Crippen LogP contribution >= 0.6 is 0 Å². The second-order valence-corrected chi connectivity index (χ2v) is 10.1. The van der Waals surface area contributed by atoms with Gasteiger partial charge in [0.25, 0.3) is 0 Å². The van der Waals surface area contributed by atoms with E-state index in [0.29, 0.717) is 42.3 Å². The molecular formula is C21H28N4O6S. The average Bonchev–Trinajstić information content (AvgIpc) is 3.53. The lowest BCUT2D eigenvalue weighted by molar-refractivity contribution is -0.122. The number of fused-ring (bicyclic) bond motifs is 1. The lowest BCUT2D eigenvalue weighted by Gasteiger charge is -2.18. The van der Waals surface area contributed by atoms with Crippen LogP contribution in [0.1, 0.15) is 63.2 Å². The highest BCUT2D eigenvalue weighted by atomic mass is 32.2. The number of ether oxygens (including phenoxy) is 2. The van der Waals surface area contributed by atoms with Gasteiger partial charge in [-0.3, -0.25) is 4.79 Å². The summed E-state index contributed by atoms with van der Waals surface area (Å²) in [5.74, 6) is 2.06. The Morgan fingerprint density at radius 3 is 2.66 bits per heavy atom. The second kappa shape index (κ2) is 9.45. The first kappa shape index (κ1) is 22.5. The van der Waals surface area contributed by atoms with Crippen molar-refractivity contribution in [2.45, 2.75) is 56.4 Å². The highest BCUT2D eigenvalue weighted by Gasteiger charge is 2.31. The van der Waals surface area contributed by atoms with Crippen LogP contribution in [0.15, 0.2) is 27.6 Å². The van der Waals surface area contributed by atoms with Gasteiger partial charge in [-0.1, -0.05) is 19.0 Å². The predicted molar refractivity (Wildman–Crippen MR) is 114 cm³/mol. The molecule has 0 radical (unpaired) electrons. The molecule has 2 N–H and O–H groups in total. The Labute approximate surface area is 187 Å². The van der Waals surface area contributed by atoms with Gasteiger partial charge in [-0.05, 0) is 30.9 Å². The zero-order valence-electron chi connectivity index (χ0n) is 18.2. The van der Waals surface area contributed by atoms with E-state index in [1.165, 1.54) is 12.1 Å². The van der Waals surface area contributed by atoms with E-state index in [4.69, 9.17) is 14.0 Å². The predicted octanol–water partition coefficient (Wildman–Crippen LogP) is 2.29. The van der Waals surface area contributed by atoms with Gasteiger partial charge in [0, 0.05) is 31.4 Å². The summed E-state index contributed by atoms with van der Waals surface area (Å²) in [6.45, 7) is 4.82. The Bertz CT molecular complexity index is 1060. The number of nitrogens with one attached hydrogen (secondary N) is 2. The van der Waals surface area contributed by atoms with Gasteiger partial charge in [0.05, 0.1) is 18.1 Å². The third-order valence-corrected chi connectivity index (χ3v) is 6.78. The van der Waals surface area contributed by atoms with E-state index in [-0.39, 0.29) is 29.7 Å². The molecule has 10 nitrogen and oxygen atoms in total. The number of hydrogen-bond donors (Lipinski definition) is 2. The number of amides is 1. The minimum Gasteiger partial charge on any atom is -0.490 e. The fourth-order valence-corrected chi connectivity index (χ4v) is 4.38. The van der Waals surface area contributed by atoms with Crippen LogP contribution in [0.2, 0.25) is 0 Å². The molecule has 1 amide bonds. The summed E-state index contributed by atoms with van der Waals surface area (Å²) < 4.78 is 44.2. The number of carbonyl (C=O) groups excluding carboxylic acids is 1. The zero-order valence-corrected chi connectivity index (χ0v) is 19.0. The Hall–Kier alpha value is -2.66. The summed E-state index contributed by atoms with van der Waals surface area (Å²) in [5, 5.41) is 6.88. The molecule has 1 atom stereocenters. The number of aromatic nitrogens is 2. The fraction of sp³-hybridized carbons (Fsp3) is 0.571. The first-order valence-electron chi connectivity index (χ1n) is 10.9. The molecule has 174 valence electrons. The molecule has 1 aliphatic carbocycles. The maximum Gasteiger partial charge on any atom is 0.249 e. The van der Waals surface area contributed by atoms with Crippen molar-refractivity contribution < 1.29 is 27.2 Å². The van der Waals surface area contributed by atoms with E-state index < -0.39 is 16.1 Å². The number of hydrogen-bond acceptors (Lipinski definition) is 8. The minimum absolute atomic E-state index is 0.0311. The number of carbonyl (C=O) groups is 1. The summed E-state index contributed by atoms with van der Waals surface area (Å²) in [4.78, 5) is 16.9. The molecule has 0 spiro atoms. The number of nitrogens with zero attached hydrogens (tertiary/aromatic N) is 2. The van der Waals surface area contributed by atoms with Crippen LogP contribution < -0.4 is 19.5 Å². The molecule has 0 bridgehead atoms. The molecule has 1 aromatic carbocycles. The van der Waals surface area contributed by atoms with Crippen molar-refractivity contribution in [1.82, 2.24) is 20.2 Å². The standard InChI is InChI=1S/C21H28N4O6S/c1-13(2)19(21-24-20(25-31-21)14-4-5-14)23-18(26)8-9-22-32(27,28)15-6-7-16-17(12-15)30-11-3-10-29-16/h6-7,12-14,19,22H,3-5,8-11H2,1-2H3,(H,23,26). The van der Waals surface area contributed by atoms with E-state index >= 15 is 0 Å². The van der Waals surface area contributed by atoms with E-state index in [2.05, 4.69) is 20.2 Å². The van der Waals surface area contributed by atoms with Gasteiger partial charge in [-0.15, -0.1) is 0 Å². The molecule has 32 heavy (non-hydrogen) atoms. The van der Waals surface area contributed by atoms with Gasteiger partial charge in [0.15, 0.2) is 17.3 Å². The van der Waals surface area contributed by atoms with Crippen LogP contribution in [0.3, 0.4) is 0 Å². The molecule has 2 heterocycles. The maximum absolute atomic E-state index is 12.6. The normalized spacial score (nSPS) is 17.1. The smallest absolute Gasteiger partial charge is 0.249 e. The van der Waals surface area contributed by atoms with Crippen LogP contribution in [-0.2, 0) is 14.8 Å². The van der Waals surface area contributed by atoms with E-state index in [1.807, 2.05) is 13.8 Å². The molecule has 4 rings (SSSR count). The molecule has 2 aliphatic rings. The van der Waals surface area contributed by atoms with Gasteiger partial charge < -0.3 is 19.3 Å². The van der Waals surface area contributed by atoms with Gasteiger partial charge in [0.2, 0.25) is 21.8 Å². The number of sulfonamides is 1. The minimum atomic E-state index is -3.80. The van der Waals surface area contributed by atoms with Gasteiger partial charge in [0.1, 0.15) is 6.04 Å². The average molecular weight is 465 g/mol. The molecule has 1 unspecified atom stereocenters. The Morgan fingerprint density at radius 1 is 1.19 bits per heavy atom. The molecule has 11 heteroatoms. The highest BCUT2D eigenvalue weighted by molar-refractivity contribution is 7.89. The van der Waals surface area contributed by atoms with E-state index in [1.54, 1.807) is 6.07 Å². The lowest BCUT2D eigenvalue weighted by Crippen LogP contribution is -2.35. The van der Waals surface area contributed by atoms with Crippen LogP contribution in [0.4, 0.5) is 0 Å². The van der Waals surface area contributed by atoms with Crippen LogP contribution in [-0.4, -0.2) is 44.2 Å². The Balaban J connectivity index is 1.32. The number of benzene rings is 1. The molecule has 1 saturated carbocycles. The SMILES string of the molecule is CC(C)C(NC(=O)CCNS(=O)(=O)c1ccc2c(c1)OCCCO2)c1nc(C2CC2)no1. The van der Waals surface area contributed by atoms with Crippen molar-refractivity contribution in [2.75, 3.05) is 19.8 Å². The molecule has 0 saturated heterocycles. The molecule has 1 aliphatic heterocycles. The van der Waals surface area contributed by atoms with Crippen molar-refractivity contribution in [3.05, 3.63) is 29.9 Å². The number of rotatable bonds is 9. The first-order valence-corrected chi connectivity index (χ1v) is 12.3. The summed E-state index contributed by atoms with van der Waals surface area (Å²) in [6, 6.07) is 4.04. The Kier molecular flexibility index (Phi) is 6.66. The van der Waals surface area contributed by atoms with Gasteiger partial charge in [-0.25, -0.2) is 13.1 Å². The fourth-order valence-electron chi connectivity index (χ4n) is 3.33. The monoisotopic (exact) mass is 464 g/mol. The largest absolute Gasteiger partial charge is 0.490 e. The summed E-state index contributed by atoms with van der Waals surface area (Å²) in [7, 11) is -3.80. The molecule has 1 fully saturated rings. The van der Waals surface area contributed by atoms with Crippen LogP contribution in [0.25, 0.3) is 0 Å². The van der Waals surface area contributed by atoms with E-state index in [9.17, 15) is 13.2 Å². The summed E-state index contributed by atoms with van der Waals surface area (Å²) in [6.07, 6.45) is 2.81. The van der Waals surface area contributed by atoms with Crippen LogP contribution in [0, 0.1) is 5.92 Å². The van der Waals surface area contributed by atoms with Crippen molar-refractivity contribution in [1.29, 1.82) is 0 Å². The van der Waals surface area contributed by atoms with Crippen molar-refractivity contribution in [3.63, 3.8) is 0 Å². The maximum atomic E-state index is 12.6. The van der Waals surface area contributed by atoms with Crippen molar-refractivity contribution in [3.8, 4) is 11.5 Å².